The zero-order valence-corrected chi connectivity index (χ0v) is 6.42. The van der Waals surface area contributed by atoms with E-state index in [4.69, 9.17) is 5.11 Å². The lowest BCUT2D eigenvalue weighted by molar-refractivity contribution is 0.190. The van der Waals surface area contributed by atoms with Crippen LogP contribution in [0.2, 0.25) is 0 Å². The molecule has 11 heavy (non-hydrogen) atoms. The van der Waals surface area contributed by atoms with Gasteiger partial charge in [0.25, 0.3) is 0 Å². The summed E-state index contributed by atoms with van der Waals surface area (Å²) in [6, 6.07) is 0.131. The second-order valence-electron chi connectivity index (χ2n) is 2.65. The Bertz CT molecular complexity index is 128. The van der Waals surface area contributed by atoms with Crippen LogP contribution in [0, 0.1) is 0 Å². The number of piperazine rings is 1. The molecule has 1 aliphatic rings. The lowest BCUT2D eigenvalue weighted by atomic mass is 10.1. The van der Waals surface area contributed by atoms with Gasteiger partial charge in [-0.05, 0) is 6.42 Å². The highest BCUT2D eigenvalue weighted by molar-refractivity contribution is 5.49. The zero-order valence-electron chi connectivity index (χ0n) is 6.42. The topological polar surface area (TPSA) is 52.6 Å². The van der Waals surface area contributed by atoms with E-state index in [0.717, 1.165) is 13.1 Å². The zero-order chi connectivity index (χ0) is 8.10. The molecule has 1 heterocycles. The highest BCUT2D eigenvalue weighted by atomic mass is 16.3. The van der Waals surface area contributed by atoms with Crippen LogP contribution in [0.1, 0.15) is 6.42 Å². The first-order valence-electron chi connectivity index (χ1n) is 3.84. The molecular formula is C7H13N2O2. The number of nitrogens with zero attached hydrogens (tertiary/aromatic N) is 1. The maximum atomic E-state index is 10.3. The number of aliphatic hydroxyl groups excluding tert-OH is 1. The lowest BCUT2D eigenvalue weighted by Gasteiger charge is -2.31. The van der Waals surface area contributed by atoms with Gasteiger partial charge in [-0.25, -0.2) is 0 Å². The minimum Gasteiger partial charge on any atom is -0.396 e. The maximum absolute atomic E-state index is 10.3. The molecule has 1 radical (unpaired) electrons. The van der Waals surface area contributed by atoms with Crippen LogP contribution in [-0.4, -0.2) is 48.7 Å². The predicted octanol–water partition coefficient (Wildman–Crippen LogP) is -1.29. The van der Waals surface area contributed by atoms with E-state index in [1.54, 1.807) is 4.90 Å². The fourth-order valence-electron chi connectivity index (χ4n) is 1.29. The van der Waals surface area contributed by atoms with E-state index in [-0.39, 0.29) is 12.6 Å². The largest absolute Gasteiger partial charge is 0.396 e. The smallest absolute Gasteiger partial charge is 0.312 e. The average Bonchev–Trinajstić information content (AvgIpc) is 2.06. The van der Waals surface area contributed by atoms with Gasteiger partial charge >= 0.3 is 6.41 Å². The van der Waals surface area contributed by atoms with Crippen LogP contribution in [0.15, 0.2) is 0 Å². The van der Waals surface area contributed by atoms with Crippen molar-refractivity contribution in [2.75, 3.05) is 26.2 Å². The molecule has 0 aromatic heterocycles. The summed E-state index contributed by atoms with van der Waals surface area (Å²) in [5.74, 6) is 0. The first-order valence-corrected chi connectivity index (χ1v) is 3.84. The van der Waals surface area contributed by atoms with Crippen molar-refractivity contribution < 1.29 is 9.90 Å². The Balaban J connectivity index is 2.37. The van der Waals surface area contributed by atoms with E-state index >= 15 is 0 Å². The summed E-state index contributed by atoms with van der Waals surface area (Å²) < 4.78 is 0. The number of hydrogen-bond donors (Lipinski definition) is 2. The third-order valence-electron chi connectivity index (χ3n) is 1.93. The summed E-state index contributed by atoms with van der Waals surface area (Å²) in [6.45, 7) is 2.44. The molecule has 1 unspecified atom stereocenters. The van der Waals surface area contributed by atoms with Crippen molar-refractivity contribution in [1.29, 1.82) is 0 Å². The van der Waals surface area contributed by atoms with Gasteiger partial charge in [-0.2, -0.15) is 0 Å². The Morgan fingerprint density at radius 3 is 3.18 bits per heavy atom. The number of hydrogen-bond acceptors (Lipinski definition) is 3. The van der Waals surface area contributed by atoms with Gasteiger partial charge in [-0.15, -0.1) is 0 Å². The summed E-state index contributed by atoms with van der Waals surface area (Å²) in [6.07, 6.45) is 2.51. The molecule has 0 spiro atoms. The van der Waals surface area contributed by atoms with Crippen LogP contribution in [0.3, 0.4) is 0 Å². The van der Waals surface area contributed by atoms with Gasteiger partial charge in [-0.3, -0.25) is 4.79 Å². The molecule has 1 saturated heterocycles. The monoisotopic (exact) mass is 157 g/mol. The van der Waals surface area contributed by atoms with E-state index in [2.05, 4.69) is 5.32 Å². The second kappa shape index (κ2) is 4.31. The van der Waals surface area contributed by atoms with Crippen molar-refractivity contribution in [1.82, 2.24) is 10.2 Å². The normalized spacial score (nSPS) is 25.2. The SMILES string of the molecule is O=[C]N1CCNCC1CCO. The molecule has 2 N–H and O–H groups in total. The quantitative estimate of drug-likeness (QED) is 0.536. The van der Waals surface area contributed by atoms with Crippen LogP contribution < -0.4 is 5.32 Å². The van der Waals surface area contributed by atoms with E-state index in [9.17, 15) is 4.79 Å². The van der Waals surface area contributed by atoms with Gasteiger partial charge in [0.15, 0.2) is 0 Å². The van der Waals surface area contributed by atoms with Gasteiger partial charge in [0.1, 0.15) is 0 Å². The molecule has 0 saturated carbocycles. The average molecular weight is 157 g/mol. The molecular weight excluding hydrogens is 144 g/mol. The standard InChI is InChI=1S/C7H13N2O2/c10-4-1-7-5-8-2-3-9(7)6-11/h7-8,10H,1-5H2. The van der Waals surface area contributed by atoms with Gasteiger partial charge in [0.2, 0.25) is 0 Å². The Morgan fingerprint density at radius 1 is 1.73 bits per heavy atom. The summed E-state index contributed by atoms with van der Waals surface area (Å²) in [7, 11) is 0. The number of amides is 1. The van der Waals surface area contributed by atoms with E-state index in [1.807, 2.05) is 6.41 Å². The third-order valence-corrected chi connectivity index (χ3v) is 1.93. The highest BCUT2D eigenvalue weighted by Gasteiger charge is 2.19. The van der Waals surface area contributed by atoms with Crippen molar-refractivity contribution in [2.24, 2.45) is 0 Å². The molecule has 1 fully saturated rings. The van der Waals surface area contributed by atoms with Crippen molar-refractivity contribution in [3.63, 3.8) is 0 Å². The Hall–Kier alpha value is -0.610. The lowest BCUT2D eigenvalue weighted by Crippen LogP contribution is -2.50. The summed E-state index contributed by atoms with van der Waals surface area (Å²) in [4.78, 5) is 12.0. The molecule has 4 nitrogen and oxygen atoms in total. The Kier molecular flexibility index (Phi) is 3.32. The van der Waals surface area contributed by atoms with Gasteiger partial charge in [0, 0.05) is 32.3 Å². The van der Waals surface area contributed by atoms with Crippen LogP contribution in [0.25, 0.3) is 0 Å². The van der Waals surface area contributed by atoms with Crippen LogP contribution in [0.4, 0.5) is 0 Å². The predicted molar refractivity (Wildman–Crippen MR) is 40.8 cm³/mol. The first kappa shape index (κ1) is 8.49. The van der Waals surface area contributed by atoms with Crippen LogP contribution in [-0.2, 0) is 4.79 Å². The van der Waals surface area contributed by atoms with Crippen molar-refractivity contribution in [3.8, 4) is 0 Å². The molecule has 1 atom stereocenters. The van der Waals surface area contributed by atoms with Gasteiger partial charge in [-0.1, -0.05) is 0 Å². The Morgan fingerprint density at radius 2 is 2.55 bits per heavy atom. The molecule has 0 aliphatic carbocycles. The minimum absolute atomic E-state index is 0.129. The number of aliphatic hydroxyl groups is 1. The fraction of sp³-hybridized carbons (Fsp3) is 0.857. The number of carbonyl (C=O) groups excluding carboxylic acids is 1. The summed E-state index contributed by atoms with van der Waals surface area (Å²) in [5.41, 5.74) is 0. The van der Waals surface area contributed by atoms with Gasteiger partial charge < -0.3 is 15.3 Å². The molecule has 1 rings (SSSR count). The Labute approximate surface area is 66.2 Å². The molecule has 1 amide bonds. The van der Waals surface area contributed by atoms with Gasteiger partial charge in [0.05, 0.1) is 0 Å². The molecule has 0 bridgehead atoms. The summed E-state index contributed by atoms with van der Waals surface area (Å²) >= 11 is 0. The van der Waals surface area contributed by atoms with E-state index in [1.165, 1.54) is 0 Å². The minimum atomic E-state index is 0.129. The number of rotatable bonds is 3. The van der Waals surface area contributed by atoms with E-state index < -0.39 is 0 Å². The van der Waals surface area contributed by atoms with E-state index in [0.29, 0.717) is 13.0 Å². The third kappa shape index (κ3) is 2.17. The summed E-state index contributed by atoms with van der Waals surface area (Å²) in [5, 5.41) is 11.8. The second-order valence-corrected chi connectivity index (χ2v) is 2.65. The van der Waals surface area contributed by atoms with Crippen molar-refractivity contribution in [2.45, 2.75) is 12.5 Å². The molecule has 1 aliphatic heterocycles. The fourth-order valence-corrected chi connectivity index (χ4v) is 1.29. The maximum Gasteiger partial charge on any atom is 0.312 e. The number of nitrogens with one attached hydrogen (secondary N) is 1. The van der Waals surface area contributed by atoms with Crippen LogP contribution in [0.5, 0.6) is 0 Å². The molecule has 0 aromatic carbocycles. The highest BCUT2D eigenvalue weighted by Crippen LogP contribution is 2.03. The van der Waals surface area contributed by atoms with Crippen molar-refractivity contribution in [3.05, 3.63) is 0 Å². The van der Waals surface area contributed by atoms with Crippen LogP contribution >= 0.6 is 0 Å². The molecule has 63 valence electrons. The molecule has 4 heteroatoms. The first-order chi connectivity index (χ1) is 5.38. The molecule has 0 aromatic rings. The van der Waals surface area contributed by atoms with Crippen molar-refractivity contribution >= 4 is 6.41 Å².